The molecule has 0 saturated carbocycles. The van der Waals surface area contributed by atoms with Gasteiger partial charge in [0.05, 0.1) is 0 Å². The smallest absolute Gasteiger partial charge is 0.135 e. The number of hydrogen-bond donors (Lipinski definition) is 0. The number of rotatable bonds is 4. The monoisotopic (exact) mass is 462 g/mol. The fourth-order valence-corrected chi connectivity index (χ4v) is 4.80. The molecule has 2 heteroatoms. The molecule has 36 heavy (non-hydrogen) atoms. The second kappa shape index (κ2) is 8.44. The van der Waals surface area contributed by atoms with E-state index in [9.17, 15) is 0 Å². The van der Waals surface area contributed by atoms with Gasteiger partial charge >= 0.3 is 0 Å². The Morgan fingerprint density at radius 1 is 0.333 bits per heavy atom. The molecule has 170 valence electrons. The van der Waals surface area contributed by atoms with Crippen LogP contribution in [0.25, 0.3) is 68.2 Å². The Morgan fingerprint density at radius 3 is 1.17 bits per heavy atom. The van der Waals surface area contributed by atoms with E-state index in [0.29, 0.717) is 0 Å². The topological polar surface area (TPSA) is 26.3 Å². The molecule has 0 unspecified atom stereocenters. The number of fused-ring (bicyclic) bond motifs is 6. The van der Waals surface area contributed by atoms with Crippen molar-refractivity contribution < 1.29 is 8.83 Å². The van der Waals surface area contributed by atoms with Crippen molar-refractivity contribution in [2.24, 2.45) is 0 Å². The van der Waals surface area contributed by atoms with Crippen LogP contribution in [0, 0.1) is 0 Å². The molecule has 2 aromatic heterocycles. The van der Waals surface area contributed by atoms with Crippen molar-refractivity contribution in [1.82, 2.24) is 0 Å². The fourth-order valence-electron chi connectivity index (χ4n) is 4.80. The van der Waals surface area contributed by atoms with Crippen LogP contribution in [0.3, 0.4) is 0 Å². The van der Waals surface area contributed by atoms with Crippen molar-refractivity contribution in [3.8, 4) is 0 Å². The number of hydrogen-bond acceptors (Lipinski definition) is 2. The first-order valence-corrected chi connectivity index (χ1v) is 12.1. The molecule has 0 bridgehead atoms. The summed E-state index contributed by atoms with van der Waals surface area (Å²) in [4.78, 5) is 0. The molecule has 0 aliphatic carbocycles. The Bertz CT molecular complexity index is 1790. The summed E-state index contributed by atoms with van der Waals surface area (Å²) in [7, 11) is 0. The van der Waals surface area contributed by atoms with Crippen LogP contribution in [0.2, 0.25) is 0 Å². The summed E-state index contributed by atoms with van der Waals surface area (Å²) >= 11 is 0. The minimum Gasteiger partial charge on any atom is -0.456 e. The maximum absolute atomic E-state index is 5.94. The Morgan fingerprint density at radius 2 is 0.694 bits per heavy atom. The van der Waals surface area contributed by atoms with Crippen molar-refractivity contribution >= 4 is 68.2 Å². The number of benzene rings is 5. The van der Waals surface area contributed by atoms with Gasteiger partial charge in [-0.3, -0.25) is 0 Å². The first kappa shape index (κ1) is 20.5. The summed E-state index contributed by atoms with van der Waals surface area (Å²) in [6.45, 7) is 0. The third-order valence-corrected chi connectivity index (χ3v) is 6.67. The van der Waals surface area contributed by atoms with E-state index in [1.165, 1.54) is 0 Å². The zero-order valence-electron chi connectivity index (χ0n) is 19.5. The van der Waals surface area contributed by atoms with Crippen LogP contribution in [0.4, 0.5) is 0 Å². The first-order valence-electron chi connectivity index (χ1n) is 12.1. The van der Waals surface area contributed by atoms with Gasteiger partial charge in [-0.25, -0.2) is 0 Å². The van der Waals surface area contributed by atoms with E-state index < -0.39 is 0 Å². The van der Waals surface area contributed by atoms with E-state index in [0.717, 1.165) is 66.1 Å². The van der Waals surface area contributed by atoms with Gasteiger partial charge in [-0.05, 0) is 58.7 Å². The SMILES string of the molecule is C(=C\c1ccc2oc3ccccc3c2c1)/c1ccc(/C=C/c2ccc3oc4ccccc4c3c2)cc1. The van der Waals surface area contributed by atoms with Crippen LogP contribution in [-0.4, -0.2) is 0 Å². The third-order valence-electron chi connectivity index (χ3n) is 6.67. The third kappa shape index (κ3) is 3.70. The summed E-state index contributed by atoms with van der Waals surface area (Å²) in [6.07, 6.45) is 8.59. The van der Waals surface area contributed by atoms with Crippen LogP contribution >= 0.6 is 0 Å². The van der Waals surface area contributed by atoms with Crippen LogP contribution < -0.4 is 0 Å². The normalized spacial score (nSPS) is 12.2. The molecule has 0 spiro atoms. The lowest BCUT2D eigenvalue weighted by Gasteiger charge is -1.98. The second-order valence-corrected chi connectivity index (χ2v) is 9.04. The standard InChI is InChI=1S/C34H22O2/c1-3-7-31-27(5-1)29-21-25(17-19-33(29)35-31)15-13-23-9-11-24(12-10-23)14-16-26-18-20-34-30(22-26)28-6-2-4-8-32(28)36-34/h1-22H/b15-13+,16-14+. The lowest BCUT2D eigenvalue weighted by Crippen LogP contribution is -1.77. The summed E-state index contributed by atoms with van der Waals surface area (Å²) in [6, 6.07) is 37.6. The summed E-state index contributed by atoms with van der Waals surface area (Å²) < 4.78 is 11.9. The van der Waals surface area contributed by atoms with Gasteiger partial charge in [-0.15, -0.1) is 0 Å². The average molecular weight is 463 g/mol. The average Bonchev–Trinajstić information content (AvgIpc) is 3.49. The van der Waals surface area contributed by atoms with Gasteiger partial charge < -0.3 is 8.83 Å². The van der Waals surface area contributed by atoms with E-state index in [1.54, 1.807) is 0 Å². The van der Waals surface area contributed by atoms with Gasteiger partial charge in [0.2, 0.25) is 0 Å². The predicted molar refractivity (Wildman–Crippen MR) is 152 cm³/mol. The van der Waals surface area contributed by atoms with Crippen molar-refractivity contribution in [3.63, 3.8) is 0 Å². The van der Waals surface area contributed by atoms with Gasteiger partial charge in [0.25, 0.3) is 0 Å². The minimum absolute atomic E-state index is 0.921. The molecule has 0 saturated heterocycles. The Balaban J connectivity index is 1.11. The molecule has 2 heterocycles. The number of furan rings is 2. The van der Waals surface area contributed by atoms with Crippen molar-refractivity contribution in [2.75, 3.05) is 0 Å². The van der Waals surface area contributed by atoms with E-state index in [4.69, 9.17) is 8.83 Å². The highest BCUT2D eigenvalue weighted by Gasteiger charge is 2.07. The minimum atomic E-state index is 0.921. The molecule has 0 atom stereocenters. The van der Waals surface area contributed by atoms with Crippen LogP contribution in [0.15, 0.2) is 118 Å². The largest absolute Gasteiger partial charge is 0.456 e. The summed E-state index contributed by atoms with van der Waals surface area (Å²) in [5.41, 5.74) is 8.33. The first-order chi connectivity index (χ1) is 17.8. The molecule has 0 fully saturated rings. The van der Waals surface area contributed by atoms with Crippen LogP contribution in [-0.2, 0) is 0 Å². The molecule has 0 N–H and O–H groups in total. The Labute approximate surface area is 208 Å². The second-order valence-electron chi connectivity index (χ2n) is 9.04. The summed E-state index contributed by atoms with van der Waals surface area (Å²) in [5, 5.41) is 4.60. The molecule has 0 radical (unpaired) electrons. The van der Waals surface area contributed by atoms with E-state index >= 15 is 0 Å². The molecular weight excluding hydrogens is 440 g/mol. The molecule has 5 aromatic carbocycles. The fraction of sp³-hybridized carbons (Fsp3) is 0. The van der Waals surface area contributed by atoms with Crippen LogP contribution in [0.1, 0.15) is 22.3 Å². The van der Waals surface area contributed by atoms with Gasteiger partial charge in [-0.2, -0.15) is 0 Å². The van der Waals surface area contributed by atoms with Crippen LogP contribution in [0.5, 0.6) is 0 Å². The summed E-state index contributed by atoms with van der Waals surface area (Å²) in [5.74, 6) is 0. The maximum Gasteiger partial charge on any atom is 0.135 e. The van der Waals surface area contributed by atoms with E-state index in [-0.39, 0.29) is 0 Å². The van der Waals surface area contributed by atoms with Crippen molar-refractivity contribution in [2.45, 2.75) is 0 Å². The lowest BCUT2D eigenvalue weighted by atomic mass is 10.1. The van der Waals surface area contributed by atoms with Gasteiger partial charge in [-0.1, -0.05) is 97.1 Å². The molecular formula is C34H22O2. The zero-order chi connectivity index (χ0) is 23.9. The molecule has 0 amide bonds. The van der Waals surface area contributed by atoms with Gasteiger partial charge in [0.1, 0.15) is 22.3 Å². The Kier molecular flexibility index (Phi) is 4.82. The molecule has 0 aliphatic heterocycles. The number of para-hydroxylation sites is 2. The molecule has 2 nitrogen and oxygen atoms in total. The van der Waals surface area contributed by atoms with E-state index in [2.05, 4.69) is 85.0 Å². The highest BCUT2D eigenvalue weighted by Crippen LogP contribution is 2.31. The lowest BCUT2D eigenvalue weighted by molar-refractivity contribution is 0.668. The highest BCUT2D eigenvalue weighted by atomic mass is 16.3. The highest BCUT2D eigenvalue weighted by molar-refractivity contribution is 6.06. The molecule has 7 aromatic rings. The van der Waals surface area contributed by atoms with Gasteiger partial charge in [0.15, 0.2) is 0 Å². The quantitative estimate of drug-likeness (QED) is 0.243. The molecule has 0 aliphatic rings. The van der Waals surface area contributed by atoms with Crippen molar-refractivity contribution in [1.29, 1.82) is 0 Å². The predicted octanol–water partition coefficient (Wildman–Crippen LogP) is 9.83. The van der Waals surface area contributed by atoms with Crippen molar-refractivity contribution in [3.05, 3.63) is 131 Å². The van der Waals surface area contributed by atoms with Gasteiger partial charge in [0, 0.05) is 21.5 Å². The maximum atomic E-state index is 5.94. The molecule has 7 rings (SSSR count). The van der Waals surface area contributed by atoms with E-state index in [1.807, 2.05) is 48.5 Å². The Hall–Kier alpha value is -4.82. The zero-order valence-corrected chi connectivity index (χ0v) is 19.5.